The van der Waals surface area contributed by atoms with Gasteiger partial charge in [0.2, 0.25) is 0 Å². The van der Waals surface area contributed by atoms with E-state index in [1.54, 1.807) is 6.07 Å². The van der Waals surface area contributed by atoms with Gasteiger partial charge < -0.3 is 10.7 Å². The van der Waals surface area contributed by atoms with Crippen molar-refractivity contribution in [2.75, 3.05) is 10.7 Å². The van der Waals surface area contributed by atoms with E-state index in [4.69, 9.17) is 29.0 Å². The van der Waals surface area contributed by atoms with E-state index in [1.807, 2.05) is 0 Å². The molecule has 21 heavy (non-hydrogen) atoms. The number of nitrogens with zero attached hydrogens (tertiary/aromatic N) is 1. The Morgan fingerprint density at radius 1 is 1.29 bits per heavy atom. The summed E-state index contributed by atoms with van der Waals surface area (Å²) in [4.78, 5) is 15.7. The van der Waals surface area contributed by atoms with E-state index in [9.17, 15) is 9.18 Å². The minimum atomic E-state index is -0.864. The van der Waals surface area contributed by atoms with E-state index in [-0.39, 0.29) is 27.1 Å². The number of nitrogens with two attached hydrogens (primary N) is 1. The van der Waals surface area contributed by atoms with Crippen molar-refractivity contribution >= 4 is 56.5 Å². The fourth-order valence-electron chi connectivity index (χ4n) is 1.53. The summed E-state index contributed by atoms with van der Waals surface area (Å²) in [6.45, 7) is 0. The van der Waals surface area contributed by atoms with E-state index in [1.165, 1.54) is 18.3 Å². The van der Waals surface area contributed by atoms with Crippen LogP contribution in [0.15, 0.2) is 28.9 Å². The predicted molar refractivity (Wildman–Crippen MR) is 84.1 cm³/mol. The van der Waals surface area contributed by atoms with Gasteiger partial charge in [0.1, 0.15) is 0 Å². The number of rotatable bonds is 3. The van der Waals surface area contributed by atoms with Gasteiger partial charge in [-0.1, -0.05) is 23.2 Å². The van der Waals surface area contributed by atoms with Crippen LogP contribution in [0.3, 0.4) is 0 Å². The molecule has 0 bridgehead atoms. The van der Waals surface area contributed by atoms with Crippen molar-refractivity contribution in [2.24, 2.45) is 5.84 Å². The van der Waals surface area contributed by atoms with Crippen molar-refractivity contribution in [3.05, 3.63) is 50.3 Å². The average Bonchev–Trinajstić information content (AvgIpc) is 2.48. The van der Waals surface area contributed by atoms with E-state index in [0.717, 1.165) is 0 Å². The largest absolute Gasteiger partial charge is 0.320 e. The van der Waals surface area contributed by atoms with Crippen LogP contribution in [0.2, 0.25) is 10.0 Å². The molecule has 1 heterocycles. The number of anilines is 2. The zero-order valence-corrected chi connectivity index (χ0v) is 13.4. The third-order valence-electron chi connectivity index (χ3n) is 2.55. The molecule has 0 unspecified atom stereocenters. The van der Waals surface area contributed by atoms with Crippen LogP contribution in [-0.4, -0.2) is 10.9 Å². The Bertz CT molecular complexity index is 714. The number of nitrogen functional groups attached to an aromatic ring is 1. The zero-order chi connectivity index (χ0) is 15.6. The highest BCUT2D eigenvalue weighted by atomic mass is 79.9. The van der Waals surface area contributed by atoms with Gasteiger partial charge in [-0.2, -0.15) is 0 Å². The van der Waals surface area contributed by atoms with Crippen LogP contribution in [0.25, 0.3) is 0 Å². The number of benzene rings is 1. The van der Waals surface area contributed by atoms with Crippen molar-refractivity contribution in [3.63, 3.8) is 0 Å². The minimum absolute atomic E-state index is 0.144. The molecular formula is C12H8BrCl2FN4O. The molecule has 0 spiro atoms. The van der Waals surface area contributed by atoms with Crippen molar-refractivity contribution in [2.45, 2.75) is 0 Å². The Morgan fingerprint density at radius 3 is 2.67 bits per heavy atom. The van der Waals surface area contributed by atoms with Crippen LogP contribution in [0.5, 0.6) is 0 Å². The van der Waals surface area contributed by atoms with E-state index in [0.29, 0.717) is 4.47 Å². The average molecular weight is 394 g/mol. The summed E-state index contributed by atoms with van der Waals surface area (Å²) in [5.74, 6) is 3.31. The molecule has 0 radical (unpaired) electrons. The van der Waals surface area contributed by atoms with Gasteiger partial charge in [0.15, 0.2) is 11.6 Å². The second-order valence-corrected chi connectivity index (χ2v) is 5.45. The molecule has 0 aliphatic carbocycles. The zero-order valence-electron chi connectivity index (χ0n) is 10.3. The van der Waals surface area contributed by atoms with Crippen LogP contribution in [-0.2, 0) is 0 Å². The third-order valence-corrected chi connectivity index (χ3v) is 4.32. The summed E-state index contributed by atoms with van der Waals surface area (Å²) < 4.78 is 14.5. The molecule has 110 valence electrons. The number of hydrogen-bond donors (Lipinski definition) is 3. The number of pyridine rings is 1. The van der Waals surface area contributed by atoms with Gasteiger partial charge in [-0.3, -0.25) is 4.79 Å². The summed E-state index contributed by atoms with van der Waals surface area (Å²) in [6.07, 6.45) is 1.25. The van der Waals surface area contributed by atoms with Gasteiger partial charge in [0.25, 0.3) is 5.91 Å². The Hall–Kier alpha value is -1.41. The molecule has 0 saturated carbocycles. The lowest BCUT2D eigenvalue weighted by Crippen LogP contribution is -2.17. The summed E-state index contributed by atoms with van der Waals surface area (Å²) in [5, 5.41) is 2.86. The van der Waals surface area contributed by atoms with Crippen molar-refractivity contribution < 1.29 is 9.18 Å². The number of hydrogen-bond acceptors (Lipinski definition) is 4. The molecule has 2 aromatic rings. The van der Waals surface area contributed by atoms with Crippen LogP contribution in [0, 0.1) is 5.82 Å². The van der Waals surface area contributed by atoms with Crippen molar-refractivity contribution in [1.29, 1.82) is 0 Å². The molecule has 9 heteroatoms. The summed E-state index contributed by atoms with van der Waals surface area (Å²) in [5.41, 5.74) is 2.09. The lowest BCUT2D eigenvalue weighted by molar-refractivity contribution is 0.102. The van der Waals surface area contributed by atoms with E-state index >= 15 is 0 Å². The maximum Gasteiger partial charge on any atom is 0.258 e. The van der Waals surface area contributed by atoms with Gasteiger partial charge in [-0.05, 0) is 34.1 Å². The van der Waals surface area contributed by atoms with E-state index in [2.05, 4.69) is 31.7 Å². The molecule has 1 aromatic heterocycles. The number of amides is 1. The minimum Gasteiger partial charge on any atom is -0.320 e. The molecule has 4 N–H and O–H groups in total. The Labute approximate surface area is 137 Å². The number of carbonyl (C=O) groups excluding carboxylic acids is 1. The standard InChI is InChI=1S/C12H8BrCl2FN4O/c13-6-1-2-7(9(15)8(6)14)19-12(21)5-3-4-18-11(20-17)10(5)16/h1-4H,17H2,(H,18,20)(H,19,21). The Morgan fingerprint density at radius 2 is 2.00 bits per heavy atom. The van der Waals surface area contributed by atoms with Gasteiger partial charge in [-0.15, -0.1) is 0 Å². The smallest absolute Gasteiger partial charge is 0.258 e. The number of halogens is 4. The second kappa shape index (κ2) is 6.57. The summed E-state index contributed by atoms with van der Waals surface area (Å²) >= 11 is 15.2. The SMILES string of the molecule is NNc1nccc(C(=O)Nc2ccc(Br)c(Cl)c2Cl)c1F. The van der Waals surface area contributed by atoms with Crippen LogP contribution >= 0.6 is 39.1 Å². The monoisotopic (exact) mass is 392 g/mol. The maximum atomic E-state index is 13.9. The highest BCUT2D eigenvalue weighted by Crippen LogP contribution is 2.36. The van der Waals surface area contributed by atoms with Crippen LogP contribution in [0.1, 0.15) is 10.4 Å². The molecule has 5 nitrogen and oxygen atoms in total. The molecule has 0 fully saturated rings. The molecule has 0 aliphatic heterocycles. The lowest BCUT2D eigenvalue weighted by Gasteiger charge is -2.10. The summed E-state index contributed by atoms with van der Waals surface area (Å²) in [6, 6.07) is 4.37. The first-order valence-corrected chi connectivity index (χ1v) is 7.06. The van der Waals surface area contributed by atoms with Crippen molar-refractivity contribution in [1.82, 2.24) is 4.98 Å². The van der Waals surface area contributed by atoms with Crippen LogP contribution in [0.4, 0.5) is 15.9 Å². The predicted octanol–water partition coefficient (Wildman–Crippen LogP) is 3.83. The molecule has 1 aromatic carbocycles. The van der Waals surface area contributed by atoms with Crippen molar-refractivity contribution in [3.8, 4) is 0 Å². The van der Waals surface area contributed by atoms with Gasteiger partial charge in [0, 0.05) is 10.7 Å². The third kappa shape index (κ3) is 3.26. The first kappa shape index (κ1) is 16.0. The number of nitrogens with one attached hydrogen (secondary N) is 2. The highest BCUT2D eigenvalue weighted by molar-refractivity contribution is 9.10. The Kier molecular flexibility index (Phi) is 5.00. The summed E-state index contributed by atoms with van der Waals surface area (Å²) in [7, 11) is 0. The second-order valence-electron chi connectivity index (χ2n) is 3.84. The van der Waals surface area contributed by atoms with Gasteiger partial charge in [0.05, 0.1) is 21.3 Å². The fraction of sp³-hybridized carbons (Fsp3) is 0. The van der Waals surface area contributed by atoms with E-state index < -0.39 is 11.7 Å². The maximum absolute atomic E-state index is 13.9. The first-order valence-electron chi connectivity index (χ1n) is 5.51. The Balaban J connectivity index is 2.33. The molecular weight excluding hydrogens is 386 g/mol. The molecule has 2 rings (SSSR count). The number of hydrazine groups is 1. The quantitative estimate of drug-likeness (QED) is 0.420. The molecule has 0 atom stereocenters. The topological polar surface area (TPSA) is 80.0 Å². The normalized spacial score (nSPS) is 10.3. The fourth-order valence-corrected chi connectivity index (χ4v) is 2.35. The number of carbonyl (C=O) groups is 1. The molecule has 0 aliphatic rings. The van der Waals surface area contributed by atoms with Crippen LogP contribution < -0.4 is 16.6 Å². The number of aromatic nitrogens is 1. The van der Waals surface area contributed by atoms with Gasteiger partial charge in [-0.25, -0.2) is 15.2 Å². The lowest BCUT2D eigenvalue weighted by atomic mass is 10.2. The molecule has 0 saturated heterocycles. The molecule has 1 amide bonds. The first-order chi connectivity index (χ1) is 9.95. The van der Waals surface area contributed by atoms with Gasteiger partial charge >= 0.3 is 0 Å². The highest BCUT2D eigenvalue weighted by Gasteiger charge is 2.17.